The van der Waals surface area contributed by atoms with E-state index in [4.69, 9.17) is 9.47 Å². The average molecular weight is 412 g/mol. The Morgan fingerprint density at radius 2 is 1.83 bits per heavy atom. The summed E-state index contributed by atoms with van der Waals surface area (Å²) in [7, 11) is 0. The van der Waals surface area contributed by atoms with Gasteiger partial charge < -0.3 is 29.9 Å². The smallest absolute Gasteiger partial charge is 0.242 e. The van der Waals surface area contributed by atoms with Gasteiger partial charge in [-0.05, 0) is 55.8 Å². The number of ether oxygens (including phenoxy) is 2. The molecule has 0 bridgehead atoms. The van der Waals surface area contributed by atoms with Gasteiger partial charge in [-0.2, -0.15) is 0 Å². The predicted octanol–water partition coefficient (Wildman–Crippen LogP) is 1.26. The first-order chi connectivity index (χ1) is 14.6. The Labute approximate surface area is 177 Å². The van der Waals surface area contributed by atoms with Crippen molar-refractivity contribution < 1.29 is 19.2 Å². The molecule has 1 atom stereocenters. The number of nitrogens with one attached hydrogen (secondary N) is 3. The van der Waals surface area contributed by atoms with Gasteiger partial charge in [-0.15, -0.1) is 0 Å². The Balaban J connectivity index is 1.26. The minimum Gasteiger partial charge on any atom is -0.454 e. The number of anilines is 2. The van der Waals surface area contributed by atoms with Crippen LogP contribution in [0, 0.1) is 0 Å². The summed E-state index contributed by atoms with van der Waals surface area (Å²) < 4.78 is 10.7. The zero-order valence-corrected chi connectivity index (χ0v) is 17.7. The molecule has 2 heterocycles. The molecule has 0 radical (unpaired) electrons. The Bertz CT molecular complexity index is 863. The van der Waals surface area contributed by atoms with Gasteiger partial charge in [0.1, 0.15) is 6.04 Å². The molecule has 2 aromatic rings. The lowest BCUT2D eigenvalue weighted by Gasteiger charge is -2.33. The highest BCUT2D eigenvalue weighted by atomic mass is 16.7. The zero-order chi connectivity index (χ0) is 20.9. The number of rotatable bonds is 7. The molecule has 0 aliphatic carbocycles. The van der Waals surface area contributed by atoms with Crippen molar-refractivity contribution in [1.82, 2.24) is 5.32 Å². The lowest BCUT2D eigenvalue weighted by molar-refractivity contribution is -0.898. The van der Waals surface area contributed by atoms with Crippen molar-refractivity contribution >= 4 is 17.3 Å². The van der Waals surface area contributed by atoms with Gasteiger partial charge in [0, 0.05) is 17.9 Å². The SMILES string of the molecule is CC[NH+]1CCN(c2ccc(N[C@H](C)C(=O)NCc3ccc4c(c3)OCO4)cc2)CC1. The molecule has 0 aromatic heterocycles. The number of fused-ring (bicyclic) bond motifs is 1. The van der Waals surface area contributed by atoms with Crippen LogP contribution in [0.3, 0.4) is 0 Å². The summed E-state index contributed by atoms with van der Waals surface area (Å²) in [6, 6.07) is 13.8. The van der Waals surface area contributed by atoms with Crippen LogP contribution in [0.15, 0.2) is 42.5 Å². The highest BCUT2D eigenvalue weighted by Crippen LogP contribution is 2.32. The van der Waals surface area contributed by atoms with Gasteiger partial charge in [-0.25, -0.2) is 0 Å². The lowest BCUT2D eigenvalue weighted by Crippen LogP contribution is -3.14. The van der Waals surface area contributed by atoms with E-state index in [0.29, 0.717) is 6.54 Å². The fraction of sp³-hybridized carbons (Fsp3) is 0.435. The Morgan fingerprint density at radius 1 is 1.10 bits per heavy atom. The number of quaternary nitrogens is 1. The molecule has 0 spiro atoms. The number of hydrogen-bond acceptors (Lipinski definition) is 5. The van der Waals surface area contributed by atoms with Gasteiger partial charge in [0.05, 0.1) is 32.7 Å². The molecule has 4 rings (SSSR count). The fourth-order valence-electron chi connectivity index (χ4n) is 3.91. The first-order valence-corrected chi connectivity index (χ1v) is 10.7. The number of likely N-dealkylation sites (N-methyl/N-ethyl adjacent to an activating group) is 1. The molecule has 7 heteroatoms. The highest BCUT2D eigenvalue weighted by Gasteiger charge is 2.19. The van der Waals surface area contributed by atoms with E-state index in [1.54, 1.807) is 4.90 Å². The number of carbonyl (C=O) groups excluding carboxylic acids is 1. The molecular formula is C23H31N4O3+. The monoisotopic (exact) mass is 411 g/mol. The second-order valence-corrected chi connectivity index (χ2v) is 7.91. The van der Waals surface area contributed by atoms with Crippen molar-refractivity contribution in [2.24, 2.45) is 0 Å². The van der Waals surface area contributed by atoms with Crippen LogP contribution >= 0.6 is 0 Å². The third kappa shape index (κ3) is 4.79. The number of amides is 1. The fourth-order valence-corrected chi connectivity index (χ4v) is 3.91. The Hall–Kier alpha value is -2.93. The first kappa shape index (κ1) is 20.3. The largest absolute Gasteiger partial charge is 0.454 e. The molecule has 2 aliphatic rings. The number of piperazine rings is 1. The van der Waals surface area contributed by atoms with Crippen LogP contribution in [0.5, 0.6) is 11.5 Å². The molecular weight excluding hydrogens is 380 g/mol. The van der Waals surface area contributed by atoms with Crippen LogP contribution in [0.1, 0.15) is 19.4 Å². The van der Waals surface area contributed by atoms with E-state index in [1.807, 2.05) is 25.1 Å². The van der Waals surface area contributed by atoms with E-state index in [-0.39, 0.29) is 18.7 Å². The summed E-state index contributed by atoms with van der Waals surface area (Å²) in [6.45, 7) is 10.6. The summed E-state index contributed by atoms with van der Waals surface area (Å²) in [5.74, 6) is 1.43. The predicted molar refractivity (Wildman–Crippen MR) is 117 cm³/mol. The second kappa shape index (κ2) is 9.26. The molecule has 3 N–H and O–H groups in total. The summed E-state index contributed by atoms with van der Waals surface area (Å²) in [4.78, 5) is 16.6. The maximum atomic E-state index is 12.5. The minimum atomic E-state index is -0.332. The molecule has 0 unspecified atom stereocenters. The van der Waals surface area contributed by atoms with Crippen molar-refractivity contribution in [3.05, 3.63) is 48.0 Å². The van der Waals surface area contributed by atoms with E-state index >= 15 is 0 Å². The van der Waals surface area contributed by atoms with Crippen LogP contribution in [-0.4, -0.2) is 51.5 Å². The number of nitrogens with zero attached hydrogens (tertiary/aromatic N) is 1. The van der Waals surface area contributed by atoms with Gasteiger partial charge in [0.2, 0.25) is 12.7 Å². The van der Waals surface area contributed by atoms with Crippen molar-refractivity contribution in [2.75, 3.05) is 49.7 Å². The molecule has 2 aliphatic heterocycles. The van der Waals surface area contributed by atoms with Gasteiger partial charge >= 0.3 is 0 Å². The van der Waals surface area contributed by atoms with E-state index in [1.165, 1.54) is 25.3 Å². The maximum Gasteiger partial charge on any atom is 0.242 e. The molecule has 1 saturated heterocycles. The van der Waals surface area contributed by atoms with E-state index < -0.39 is 0 Å². The first-order valence-electron chi connectivity index (χ1n) is 10.7. The standard InChI is InChI=1S/C23H30N4O3/c1-3-26-10-12-27(13-11-26)20-7-5-19(6-8-20)25-17(2)23(28)24-15-18-4-9-21-22(14-18)30-16-29-21/h4-9,14,17,25H,3,10-13,15-16H2,1-2H3,(H,24,28)/p+1/t17-/m1/s1. The topological polar surface area (TPSA) is 67.3 Å². The second-order valence-electron chi connectivity index (χ2n) is 7.91. The summed E-state index contributed by atoms with van der Waals surface area (Å²) in [5.41, 5.74) is 3.17. The van der Waals surface area contributed by atoms with Crippen LogP contribution in [0.2, 0.25) is 0 Å². The summed E-state index contributed by atoms with van der Waals surface area (Å²) in [6.07, 6.45) is 0. The number of benzene rings is 2. The van der Waals surface area contributed by atoms with Crippen LogP contribution in [0.4, 0.5) is 11.4 Å². The zero-order valence-electron chi connectivity index (χ0n) is 17.7. The van der Waals surface area contributed by atoms with Crippen molar-refractivity contribution in [1.29, 1.82) is 0 Å². The normalized spacial score (nSPS) is 16.9. The van der Waals surface area contributed by atoms with Gasteiger partial charge in [-0.3, -0.25) is 4.79 Å². The third-order valence-corrected chi connectivity index (χ3v) is 5.88. The molecule has 1 fully saturated rings. The van der Waals surface area contributed by atoms with Crippen LogP contribution < -0.4 is 29.9 Å². The highest BCUT2D eigenvalue weighted by molar-refractivity contribution is 5.84. The molecule has 7 nitrogen and oxygen atoms in total. The quantitative estimate of drug-likeness (QED) is 0.640. The van der Waals surface area contributed by atoms with Crippen LogP contribution in [-0.2, 0) is 11.3 Å². The Kier molecular flexibility index (Phi) is 6.28. The van der Waals surface area contributed by atoms with Gasteiger partial charge in [-0.1, -0.05) is 6.07 Å². The van der Waals surface area contributed by atoms with Crippen molar-refractivity contribution in [2.45, 2.75) is 26.4 Å². The molecule has 0 saturated carbocycles. The molecule has 160 valence electrons. The number of hydrogen-bond donors (Lipinski definition) is 3. The third-order valence-electron chi connectivity index (χ3n) is 5.88. The Morgan fingerprint density at radius 3 is 2.57 bits per heavy atom. The van der Waals surface area contributed by atoms with E-state index in [2.05, 4.69) is 46.7 Å². The van der Waals surface area contributed by atoms with E-state index in [0.717, 1.165) is 35.8 Å². The van der Waals surface area contributed by atoms with Crippen LogP contribution in [0.25, 0.3) is 0 Å². The summed E-state index contributed by atoms with van der Waals surface area (Å²) >= 11 is 0. The van der Waals surface area contributed by atoms with Crippen molar-refractivity contribution in [3.63, 3.8) is 0 Å². The minimum absolute atomic E-state index is 0.0459. The summed E-state index contributed by atoms with van der Waals surface area (Å²) in [5, 5.41) is 6.26. The number of carbonyl (C=O) groups is 1. The molecule has 1 amide bonds. The molecule has 30 heavy (non-hydrogen) atoms. The lowest BCUT2D eigenvalue weighted by atomic mass is 10.2. The van der Waals surface area contributed by atoms with Gasteiger partial charge in [0.25, 0.3) is 0 Å². The maximum absolute atomic E-state index is 12.5. The average Bonchev–Trinajstić information content (AvgIpc) is 3.26. The van der Waals surface area contributed by atoms with Crippen molar-refractivity contribution in [3.8, 4) is 11.5 Å². The van der Waals surface area contributed by atoms with Gasteiger partial charge in [0.15, 0.2) is 11.5 Å². The molecule has 2 aromatic carbocycles. The van der Waals surface area contributed by atoms with E-state index in [9.17, 15) is 4.79 Å².